The third kappa shape index (κ3) is 0.819. The maximum atomic E-state index is 10.0. The van der Waals surface area contributed by atoms with Gasteiger partial charge in [0.15, 0.2) is 0 Å². The number of carbonyl (C=O) groups excluding carboxylic acids is 1. The van der Waals surface area contributed by atoms with E-state index in [1.54, 1.807) is 0 Å². The van der Waals surface area contributed by atoms with Crippen molar-refractivity contribution in [1.82, 2.24) is 10.3 Å². The van der Waals surface area contributed by atoms with Gasteiger partial charge in [0.25, 0.3) is 0 Å². The molecule has 7 heavy (non-hydrogen) atoms. The number of hydrogen-bond donors (Lipinski definition) is 1. The van der Waals surface area contributed by atoms with E-state index in [0.717, 1.165) is 0 Å². The van der Waals surface area contributed by atoms with Crippen molar-refractivity contribution in [3.63, 3.8) is 0 Å². The van der Waals surface area contributed by atoms with E-state index in [1.807, 2.05) is 0 Å². The Hall–Kier alpha value is -1.19. The molecule has 1 heterocycles. The summed E-state index contributed by atoms with van der Waals surface area (Å²) in [5.74, 6) is 0. The van der Waals surface area contributed by atoms with Gasteiger partial charge >= 0.3 is 12.4 Å². The van der Waals surface area contributed by atoms with E-state index in [4.69, 9.17) is 0 Å². The lowest BCUT2D eigenvalue weighted by atomic mass is 10.9. The van der Waals surface area contributed by atoms with Gasteiger partial charge in [0, 0.05) is 0 Å². The van der Waals surface area contributed by atoms with Gasteiger partial charge in [-0.2, -0.15) is 0 Å². The molecule has 0 saturated carbocycles. The standard InChI is InChI=1S/C3H2N3O/c7-3-5-1-4-2-6-3/h1H,(H,4,5,7)/q+1. The van der Waals surface area contributed by atoms with Crippen molar-refractivity contribution in [3.8, 4) is 0 Å². The summed E-state index contributed by atoms with van der Waals surface area (Å²) in [4.78, 5) is 16.5. The van der Waals surface area contributed by atoms with Crippen LogP contribution in [-0.4, -0.2) is 18.7 Å². The van der Waals surface area contributed by atoms with E-state index < -0.39 is 6.03 Å². The zero-order valence-corrected chi connectivity index (χ0v) is 3.38. The van der Waals surface area contributed by atoms with E-state index in [9.17, 15) is 4.79 Å². The van der Waals surface area contributed by atoms with Crippen LogP contribution in [-0.2, 0) is 0 Å². The lowest BCUT2D eigenvalue weighted by Gasteiger charge is -1.78. The first-order chi connectivity index (χ1) is 3.39. The van der Waals surface area contributed by atoms with Crippen LogP contribution in [0.15, 0.2) is 4.99 Å². The van der Waals surface area contributed by atoms with Crippen molar-refractivity contribution in [2.24, 2.45) is 4.99 Å². The average Bonchev–Trinajstić information content (AvgIpc) is 1.69. The summed E-state index contributed by atoms with van der Waals surface area (Å²) in [6, 6.07) is -0.421. The topological polar surface area (TPSA) is 55.6 Å². The monoisotopic (exact) mass is 96.0 g/mol. The van der Waals surface area contributed by atoms with Crippen LogP contribution in [0.3, 0.4) is 0 Å². The highest BCUT2D eigenvalue weighted by Crippen LogP contribution is 1.62. The van der Waals surface area contributed by atoms with Crippen LogP contribution in [0.5, 0.6) is 0 Å². The lowest BCUT2D eigenvalue weighted by Crippen LogP contribution is -2.27. The zero-order chi connectivity index (χ0) is 5.11. The fourth-order valence-corrected chi connectivity index (χ4v) is 0.223. The van der Waals surface area contributed by atoms with Gasteiger partial charge in [-0.15, -0.1) is 0 Å². The maximum Gasteiger partial charge on any atom is 0.477 e. The molecule has 0 spiro atoms. The molecule has 0 aliphatic carbocycles. The Bertz CT molecular complexity index is 137. The summed E-state index contributed by atoms with van der Waals surface area (Å²) in [5, 5.41) is 2.22. The number of aliphatic imine (C=N–C) groups is 2. The molecule has 1 rings (SSSR count). The average molecular weight is 96.1 g/mol. The van der Waals surface area contributed by atoms with Crippen LogP contribution < -0.4 is 10.3 Å². The summed E-state index contributed by atoms with van der Waals surface area (Å²) >= 11 is 0. The fourth-order valence-electron chi connectivity index (χ4n) is 0.223. The van der Waals surface area contributed by atoms with E-state index in [2.05, 4.69) is 21.6 Å². The smallest absolute Gasteiger partial charge is 0.211 e. The number of hydrogen-bond acceptors (Lipinski definition) is 2. The molecule has 4 heteroatoms. The van der Waals surface area contributed by atoms with Crippen molar-refractivity contribution in [3.05, 3.63) is 0 Å². The lowest BCUT2D eigenvalue weighted by molar-refractivity contribution is 0.250. The predicted molar refractivity (Wildman–Crippen MR) is 24.2 cm³/mol. The maximum absolute atomic E-state index is 10.0. The molecule has 0 saturated heterocycles. The number of urea groups is 1. The fraction of sp³-hybridized carbons (Fsp3) is 0. The van der Waals surface area contributed by atoms with E-state index >= 15 is 0 Å². The van der Waals surface area contributed by atoms with E-state index in [-0.39, 0.29) is 0 Å². The normalized spacial score (nSPS) is 16.9. The van der Waals surface area contributed by atoms with Crippen LogP contribution in [0, 0.1) is 0 Å². The van der Waals surface area contributed by atoms with Crippen molar-refractivity contribution < 1.29 is 4.79 Å². The summed E-state index contributed by atoms with van der Waals surface area (Å²) < 4.78 is 0. The van der Waals surface area contributed by atoms with Crippen molar-refractivity contribution in [2.45, 2.75) is 0 Å². The zero-order valence-electron chi connectivity index (χ0n) is 3.38. The van der Waals surface area contributed by atoms with Crippen LogP contribution in [0.2, 0.25) is 0 Å². The summed E-state index contributed by atoms with van der Waals surface area (Å²) in [5.41, 5.74) is 0. The van der Waals surface area contributed by atoms with Crippen molar-refractivity contribution in [1.29, 1.82) is 0 Å². The Morgan fingerprint density at radius 3 is 3.14 bits per heavy atom. The van der Waals surface area contributed by atoms with E-state index in [0.29, 0.717) is 0 Å². The molecule has 0 fully saturated rings. The molecule has 4 nitrogen and oxygen atoms in total. The SMILES string of the molecule is O=C1[N+]=[C]N=CN1. The molecule has 0 aromatic heterocycles. The van der Waals surface area contributed by atoms with Crippen LogP contribution in [0.1, 0.15) is 0 Å². The third-order valence-corrected chi connectivity index (χ3v) is 0.462. The van der Waals surface area contributed by atoms with Gasteiger partial charge in [-0.1, -0.05) is 4.99 Å². The minimum absolute atomic E-state index is 0.421. The number of nitrogens with one attached hydrogen (secondary N) is 1. The molecule has 0 unspecified atom stereocenters. The molecule has 2 amide bonds. The van der Waals surface area contributed by atoms with Crippen LogP contribution in [0.25, 0.3) is 0 Å². The summed E-state index contributed by atoms with van der Waals surface area (Å²) in [7, 11) is 0. The molecule has 0 aromatic carbocycles. The minimum atomic E-state index is -0.421. The molecular formula is C3H2N3O+. The molecule has 1 aliphatic heterocycles. The van der Waals surface area contributed by atoms with Crippen molar-refractivity contribution in [2.75, 3.05) is 0 Å². The number of amides is 2. The Labute approximate surface area is 40.0 Å². The first-order valence-electron chi connectivity index (χ1n) is 1.67. The third-order valence-electron chi connectivity index (χ3n) is 0.462. The van der Waals surface area contributed by atoms with Crippen LogP contribution >= 0.6 is 0 Å². The Morgan fingerprint density at radius 2 is 2.86 bits per heavy atom. The second kappa shape index (κ2) is 1.51. The molecular weight excluding hydrogens is 94.1 g/mol. The highest BCUT2D eigenvalue weighted by atomic mass is 16.2. The first-order valence-corrected chi connectivity index (χ1v) is 1.67. The van der Waals surface area contributed by atoms with Gasteiger partial charge in [0.1, 0.15) is 0 Å². The minimum Gasteiger partial charge on any atom is -0.211 e. The largest absolute Gasteiger partial charge is 0.477 e. The molecule has 0 aromatic rings. The molecule has 2 radical (unpaired) electrons. The highest BCUT2D eigenvalue weighted by molar-refractivity contribution is 5.95. The molecule has 0 bridgehead atoms. The quantitative estimate of drug-likeness (QED) is 0.412. The molecule has 1 aliphatic rings. The Kier molecular flexibility index (Phi) is 0.856. The second-order valence-electron chi connectivity index (χ2n) is 0.919. The number of rotatable bonds is 0. The van der Waals surface area contributed by atoms with Gasteiger partial charge in [-0.05, 0) is 4.99 Å². The van der Waals surface area contributed by atoms with Gasteiger partial charge in [0.05, 0.1) is 0 Å². The van der Waals surface area contributed by atoms with Crippen molar-refractivity contribution >= 4 is 18.7 Å². The number of carbonyl (C=O) groups is 1. The molecule has 34 valence electrons. The highest BCUT2D eigenvalue weighted by Gasteiger charge is 2.06. The van der Waals surface area contributed by atoms with Gasteiger partial charge in [0.2, 0.25) is 6.34 Å². The van der Waals surface area contributed by atoms with Gasteiger partial charge < -0.3 is 0 Å². The Balaban J connectivity index is 2.66. The summed E-state index contributed by atoms with van der Waals surface area (Å²) in [6.45, 7) is 0. The second-order valence-corrected chi connectivity index (χ2v) is 0.919. The molecule has 1 N–H and O–H groups in total. The van der Waals surface area contributed by atoms with Gasteiger partial charge in [-0.3, -0.25) is 0 Å². The first kappa shape index (κ1) is 3.98. The van der Waals surface area contributed by atoms with Gasteiger partial charge in [-0.25, -0.2) is 10.1 Å². The predicted octanol–water partition coefficient (Wildman–Crippen LogP) is -1.02. The Morgan fingerprint density at radius 1 is 2.00 bits per heavy atom. The van der Waals surface area contributed by atoms with Crippen LogP contribution in [0.4, 0.5) is 4.79 Å². The van der Waals surface area contributed by atoms with E-state index in [1.165, 1.54) is 6.34 Å². The molecule has 0 atom stereocenters. The summed E-state index contributed by atoms with van der Waals surface area (Å²) in [6.07, 6.45) is 3.35. The number of nitrogens with zero attached hydrogens (tertiary/aromatic N) is 2.